The summed E-state index contributed by atoms with van der Waals surface area (Å²) in [6, 6.07) is -0.271. The second-order valence-corrected chi connectivity index (χ2v) is 6.23. The highest BCUT2D eigenvalue weighted by atomic mass is 16.2. The molecule has 0 aromatic carbocycles. The first kappa shape index (κ1) is 15.3. The number of carbonyl (C=O) groups excluding carboxylic acids is 2. The van der Waals surface area contributed by atoms with Gasteiger partial charge in [0, 0.05) is 25.6 Å². The summed E-state index contributed by atoms with van der Waals surface area (Å²) in [7, 11) is 0. The lowest BCUT2D eigenvalue weighted by Crippen LogP contribution is -2.49. The summed E-state index contributed by atoms with van der Waals surface area (Å²) in [5.74, 6) is 0.297. The number of rotatable bonds is 4. The number of amides is 2. The topological polar surface area (TPSA) is 75.4 Å². The number of nitrogens with one attached hydrogen (secondary N) is 1. The van der Waals surface area contributed by atoms with Crippen LogP contribution in [0.15, 0.2) is 0 Å². The maximum Gasteiger partial charge on any atom is 0.244 e. The van der Waals surface area contributed by atoms with E-state index in [0.29, 0.717) is 6.42 Å². The van der Waals surface area contributed by atoms with E-state index in [4.69, 9.17) is 5.73 Å². The Kier molecular flexibility index (Phi) is 5.40. The first-order valence-corrected chi connectivity index (χ1v) is 7.91. The third kappa shape index (κ3) is 3.95. The lowest BCUT2D eigenvalue weighted by molar-refractivity contribution is -0.136. The summed E-state index contributed by atoms with van der Waals surface area (Å²) in [5, 5.41) is 2.84. The molecule has 0 radical (unpaired) electrons. The molecule has 20 heavy (non-hydrogen) atoms. The SMILES string of the molecule is C[C@H](NC(=O)C[C@@H]1CCC[C@H]1N)C(=O)N1CCCCC1. The number of carbonyl (C=O) groups is 2. The van der Waals surface area contributed by atoms with Crippen LogP contribution in [0.1, 0.15) is 51.9 Å². The zero-order chi connectivity index (χ0) is 14.5. The van der Waals surface area contributed by atoms with Crippen LogP contribution in [0.3, 0.4) is 0 Å². The van der Waals surface area contributed by atoms with E-state index in [2.05, 4.69) is 5.32 Å². The molecule has 5 heteroatoms. The Morgan fingerprint density at radius 2 is 1.90 bits per heavy atom. The van der Waals surface area contributed by atoms with Crippen molar-refractivity contribution in [2.75, 3.05) is 13.1 Å². The van der Waals surface area contributed by atoms with E-state index in [0.717, 1.165) is 45.2 Å². The Hall–Kier alpha value is -1.10. The zero-order valence-corrected chi connectivity index (χ0v) is 12.4. The summed E-state index contributed by atoms with van der Waals surface area (Å²) in [6.07, 6.45) is 6.96. The number of nitrogens with two attached hydrogens (primary N) is 1. The van der Waals surface area contributed by atoms with Crippen molar-refractivity contribution in [3.05, 3.63) is 0 Å². The molecule has 1 saturated carbocycles. The number of hydrogen-bond acceptors (Lipinski definition) is 3. The molecular formula is C15H27N3O2. The highest BCUT2D eigenvalue weighted by molar-refractivity contribution is 5.87. The van der Waals surface area contributed by atoms with Crippen LogP contribution in [0, 0.1) is 5.92 Å². The molecule has 2 amide bonds. The molecule has 0 aromatic rings. The van der Waals surface area contributed by atoms with Crippen molar-refractivity contribution in [3.8, 4) is 0 Å². The fourth-order valence-corrected chi connectivity index (χ4v) is 3.31. The minimum Gasteiger partial charge on any atom is -0.345 e. The number of hydrogen-bond donors (Lipinski definition) is 2. The molecule has 1 heterocycles. The predicted molar refractivity (Wildman–Crippen MR) is 78.0 cm³/mol. The summed E-state index contributed by atoms with van der Waals surface area (Å²) in [6.45, 7) is 3.43. The van der Waals surface area contributed by atoms with Gasteiger partial charge < -0.3 is 16.0 Å². The van der Waals surface area contributed by atoms with Crippen LogP contribution in [-0.2, 0) is 9.59 Å². The van der Waals surface area contributed by atoms with E-state index >= 15 is 0 Å². The van der Waals surface area contributed by atoms with Gasteiger partial charge in [-0.15, -0.1) is 0 Å². The summed E-state index contributed by atoms with van der Waals surface area (Å²) in [4.78, 5) is 26.1. The third-order valence-electron chi connectivity index (χ3n) is 4.58. The predicted octanol–water partition coefficient (Wildman–Crippen LogP) is 1.02. The van der Waals surface area contributed by atoms with Gasteiger partial charge in [0.15, 0.2) is 0 Å². The number of nitrogens with zero attached hydrogens (tertiary/aromatic N) is 1. The minimum atomic E-state index is -0.418. The molecule has 1 saturated heterocycles. The van der Waals surface area contributed by atoms with Crippen molar-refractivity contribution >= 4 is 11.8 Å². The van der Waals surface area contributed by atoms with Gasteiger partial charge in [-0.1, -0.05) is 6.42 Å². The second-order valence-electron chi connectivity index (χ2n) is 6.23. The van der Waals surface area contributed by atoms with Gasteiger partial charge in [0.1, 0.15) is 6.04 Å². The van der Waals surface area contributed by atoms with Gasteiger partial charge in [-0.25, -0.2) is 0 Å². The van der Waals surface area contributed by atoms with E-state index in [1.54, 1.807) is 6.92 Å². The summed E-state index contributed by atoms with van der Waals surface area (Å²) >= 11 is 0. The molecular weight excluding hydrogens is 254 g/mol. The highest BCUT2D eigenvalue weighted by Crippen LogP contribution is 2.26. The molecule has 2 fully saturated rings. The molecule has 0 spiro atoms. The van der Waals surface area contributed by atoms with E-state index in [1.165, 1.54) is 6.42 Å². The molecule has 0 unspecified atom stereocenters. The molecule has 1 aliphatic heterocycles. The van der Waals surface area contributed by atoms with Crippen LogP contribution >= 0.6 is 0 Å². The summed E-state index contributed by atoms with van der Waals surface area (Å²) in [5.41, 5.74) is 5.98. The van der Waals surface area contributed by atoms with Crippen molar-refractivity contribution in [2.24, 2.45) is 11.7 Å². The Morgan fingerprint density at radius 3 is 2.50 bits per heavy atom. The van der Waals surface area contributed by atoms with Gasteiger partial charge in [0.25, 0.3) is 0 Å². The lowest BCUT2D eigenvalue weighted by atomic mass is 9.99. The molecule has 1 aliphatic carbocycles. The van der Waals surface area contributed by atoms with E-state index in [1.807, 2.05) is 4.90 Å². The molecule has 2 rings (SSSR count). The second kappa shape index (κ2) is 7.07. The van der Waals surface area contributed by atoms with Crippen molar-refractivity contribution in [2.45, 2.75) is 64.0 Å². The Balaban J connectivity index is 1.76. The Labute approximate surface area is 121 Å². The van der Waals surface area contributed by atoms with Crippen molar-refractivity contribution in [1.82, 2.24) is 10.2 Å². The van der Waals surface area contributed by atoms with Gasteiger partial charge >= 0.3 is 0 Å². The lowest BCUT2D eigenvalue weighted by Gasteiger charge is -2.29. The van der Waals surface area contributed by atoms with Crippen LogP contribution in [-0.4, -0.2) is 41.9 Å². The van der Waals surface area contributed by atoms with Crippen molar-refractivity contribution < 1.29 is 9.59 Å². The van der Waals surface area contributed by atoms with E-state index in [9.17, 15) is 9.59 Å². The average molecular weight is 281 g/mol. The molecule has 3 N–H and O–H groups in total. The Bertz CT molecular complexity index is 353. The number of piperidine rings is 1. The molecule has 2 aliphatic rings. The van der Waals surface area contributed by atoms with Crippen LogP contribution < -0.4 is 11.1 Å². The van der Waals surface area contributed by atoms with Crippen molar-refractivity contribution in [1.29, 1.82) is 0 Å². The first-order chi connectivity index (χ1) is 9.58. The minimum absolute atomic E-state index is 0.0368. The quantitative estimate of drug-likeness (QED) is 0.808. The Morgan fingerprint density at radius 1 is 1.20 bits per heavy atom. The molecule has 5 nitrogen and oxygen atoms in total. The smallest absolute Gasteiger partial charge is 0.244 e. The molecule has 3 atom stereocenters. The standard InChI is InChI=1S/C15H27N3O2/c1-11(15(20)18-8-3-2-4-9-18)17-14(19)10-12-6-5-7-13(12)16/h11-13H,2-10,16H2,1H3,(H,17,19)/t11-,12-,13+/m0/s1. The van der Waals surface area contributed by atoms with E-state index in [-0.39, 0.29) is 23.8 Å². The largest absolute Gasteiger partial charge is 0.345 e. The van der Waals surface area contributed by atoms with Crippen LogP contribution in [0.4, 0.5) is 0 Å². The molecule has 0 aromatic heterocycles. The molecule has 0 bridgehead atoms. The monoisotopic (exact) mass is 281 g/mol. The van der Waals surface area contributed by atoms with Gasteiger partial charge in [0.2, 0.25) is 11.8 Å². The third-order valence-corrected chi connectivity index (χ3v) is 4.58. The van der Waals surface area contributed by atoms with Crippen LogP contribution in [0.5, 0.6) is 0 Å². The van der Waals surface area contributed by atoms with Crippen LogP contribution in [0.25, 0.3) is 0 Å². The summed E-state index contributed by atoms with van der Waals surface area (Å²) < 4.78 is 0. The van der Waals surface area contributed by atoms with Gasteiger partial charge in [-0.3, -0.25) is 9.59 Å². The van der Waals surface area contributed by atoms with Crippen molar-refractivity contribution in [3.63, 3.8) is 0 Å². The van der Waals surface area contributed by atoms with E-state index < -0.39 is 6.04 Å². The average Bonchev–Trinajstić information content (AvgIpc) is 2.84. The fraction of sp³-hybridized carbons (Fsp3) is 0.867. The van der Waals surface area contributed by atoms with Gasteiger partial charge in [0.05, 0.1) is 0 Å². The maximum atomic E-state index is 12.2. The normalized spacial score (nSPS) is 28.2. The van der Waals surface area contributed by atoms with Crippen LogP contribution in [0.2, 0.25) is 0 Å². The zero-order valence-electron chi connectivity index (χ0n) is 12.4. The number of likely N-dealkylation sites (tertiary alicyclic amines) is 1. The first-order valence-electron chi connectivity index (χ1n) is 7.91. The van der Waals surface area contributed by atoms with Gasteiger partial charge in [-0.05, 0) is 44.9 Å². The molecule has 114 valence electrons. The van der Waals surface area contributed by atoms with Gasteiger partial charge in [-0.2, -0.15) is 0 Å². The maximum absolute atomic E-state index is 12.2. The highest BCUT2D eigenvalue weighted by Gasteiger charge is 2.28. The fourth-order valence-electron chi connectivity index (χ4n) is 3.31.